The van der Waals surface area contributed by atoms with E-state index in [9.17, 15) is 8.42 Å². The van der Waals surface area contributed by atoms with Crippen LogP contribution in [0.1, 0.15) is 19.8 Å². The molecule has 0 aromatic rings. The van der Waals surface area contributed by atoms with Crippen LogP contribution in [0.5, 0.6) is 0 Å². The minimum absolute atomic E-state index is 0. The molecule has 0 radical (unpaired) electrons. The van der Waals surface area contributed by atoms with Gasteiger partial charge in [0.2, 0.25) is 0 Å². The van der Waals surface area contributed by atoms with E-state index in [-0.39, 0.29) is 12.4 Å². The van der Waals surface area contributed by atoms with Crippen molar-refractivity contribution in [3.8, 4) is 0 Å². The number of nitrogens with zero attached hydrogens (tertiary/aromatic N) is 2. The standard InChI is InChI=1S/C10H23N3O2S.ClH/c1-4-12(3)16(14,15)13-7-5-10(6-8-13)9-11-2;/h10-11H,4-9H2,1-3H3;1H. The van der Waals surface area contributed by atoms with Crippen molar-refractivity contribution < 1.29 is 8.42 Å². The van der Waals surface area contributed by atoms with Gasteiger partial charge in [-0.2, -0.15) is 17.0 Å². The van der Waals surface area contributed by atoms with Crippen LogP contribution in [0.25, 0.3) is 0 Å². The molecule has 17 heavy (non-hydrogen) atoms. The van der Waals surface area contributed by atoms with Gasteiger partial charge in [0, 0.05) is 26.7 Å². The zero-order valence-electron chi connectivity index (χ0n) is 10.8. The molecule has 1 rings (SSSR count). The summed E-state index contributed by atoms with van der Waals surface area (Å²) in [5.74, 6) is 0.614. The van der Waals surface area contributed by atoms with Gasteiger partial charge < -0.3 is 5.32 Å². The van der Waals surface area contributed by atoms with Crippen molar-refractivity contribution >= 4 is 22.6 Å². The molecule has 0 aliphatic carbocycles. The predicted octanol–water partition coefficient (Wildman–Crippen LogP) is 0.536. The molecule has 1 N–H and O–H groups in total. The van der Waals surface area contributed by atoms with Crippen LogP contribution in [-0.4, -0.2) is 57.3 Å². The highest BCUT2D eigenvalue weighted by Crippen LogP contribution is 2.20. The Labute approximate surface area is 111 Å². The average Bonchev–Trinajstić information content (AvgIpc) is 2.29. The summed E-state index contributed by atoms with van der Waals surface area (Å²) in [5, 5.41) is 3.15. The van der Waals surface area contributed by atoms with Crippen molar-refractivity contribution in [2.45, 2.75) is 19.8 Å². The molecule has 0 saturated carbocycles. The third kappa shape index (κ3) is 4.37. The molecule has 1 aliphatic heterocycles. The zero-order chi connectivity index (χ0) is 12.2. The molecule has 7 heteroatoms. The van der Waals surface area contributed by atoms with E-state index >= 15 is 0 Å². The highest BCUT2D eigenvalue weighted by atomic mass is 35.5. The summed E-state index contributed by atoms with van der Waals surface area (Å²) in [7, 11) is 0.368. The first-order valence-electron chi connectivity index (χ1n) is 5.88. The maximum atomic E-state index is 12.0. The molecule has 1 heterocycles. The van der Waals surface area contributed by atoms with E-state index in [0.29, 0.717) is 25.6 Å². The van der Waals surface area contributed by atoms with Gasteiger partial charge in [0.1, 0.15) is 0 Å². The molecule has 104 valence electrons. The summed E-state index contributed by atoms with van der Waals surface area (Å²) < 4.78 is 27.0. The molecule has 1 aliphatic rings. The summed E-state index contributed by atoms with van der Waals surface area (Å²) in [6.45, 7) is 4.67. The Morgan fingerprint density at radius 3 is 2.29 bits per heavy atom. The van der Waals surface area contributed by atoms with Gasteiger partial charge in [0.15, 0.2) is 0 Å². The first kappa shape index (κ1) is 17.1. The Kier molecular flexibility index (Phi) is 7.58. The third-order valence-corrected chi connectivity index (χ3v) is 5.30. The Hall–Kier alpha value is 0.120. The van der Waals surface area contributed by atoms with Gasteiger partial charge in [-0.25, -0.2) is 0 Å². The second kappa shape index (κ2) is 7.53. The topological polar surface area (TPSA) is 52.7 Å². The van der Waals surface area contributed by atoms with Gasteiger partial charge in [-0.1, -0.05) is 6.92 Å². The molecule has 1 fully saturated rings. The first-order valence-corrected chi connectivity index (χ1v) is 7.28. The molecule has 1 saturated heterocycles. The lowest BCUT2D eigenvalue weighted by molar-refractivity contribution is 0.257. The zero-order valence-corrected chi connectivity index (χ0v) is 12.5. The average molecular weight is 286 g/mol. The molecule has 0 spiro atoms. The molecule has 0 unspecified atom stereocenters. The lowest BCUT2D eigenvalue weighted by atomic mass is 9.98. The van der Waals surface area contributed by atoms with E-state index in [2.05, 4.69) is 5.32 Å². The summed E-state index contributed by atoms with van der Waals surface area (Å²) >= 11 is 0. The quantitative estimate of drug-likeness (QED) is 0.802. The van der Waals surface area contributed by atoms with Crippen molar-refractivity contribution in [1.82, 2.24) is 13.9 Å². The third-order valence-electron chi connectivity index (χ3n) is 3.23. The molecule has 5 nitrogen and oxygen atoms in total. The van der Waals surface area contributed by atoms with Crippen LogP contribution in [0, 0.1) is 5.92 Å². The summed E-state index contributed by atoms with van der Waals surface area (Å²) in [4.78, 5) is 0. The highest BCUT2D eigenvalue weighted by Gasteiger charge is 2.29. The van der Waals surface area contributed by atoms with E-state index in [1.165, 1.54) is 4.31 Å². The van der Waals surface area contributed by atoms with Gasteiger partial charge in [0.25, 0.3) is 10.2 Å². The first-order chi connectivity index (χ1) is 7.52. The lowest BCUT2D eigenvalue weighted by Gasteiger charge is -2.33. The second-order valence-corrected chi connectivity index (χ2v) is 6.36. The minimum Gasteiger partial charge on any atom is -0.319 e. The maximum absolute atomic E-state index is 12.0. The Balaban J connectivity index is 0.00000256. The number of hydrogen-bond donors (Lipinski definition) is 1. The largest absolute Gasteiger partial charge is 0.319 e. The minimum atomic E-state index is -3.20. The second-order valence-electron chi connectivity index (χ2n) is 4.32. The van der Waals surface area contributed by atoms with Crippen molar-refractivity contribution in [2.24, 2.45) is 5.92 Å². The van der Waals surface area contributed by atoms with Crippen molar-refractivity contribution in [3.05, 3.63) is 0 Å². The van der Waals surface area contributed by atoms with Crippen molar-refractivity contribution in [1.29, 1.82) is 0 Å². The number of halogens is 1. The SMILES string of the molecule is CCN(C)S(=O)(=O)N1CCC(CNC)CC1.Cl. The predicted molar refractivity (Wildman–Crippen MR) is 72.7 cm³/mol. The maximum Gasteiger partial charge on any atom is 0.281 e. The Morgan fingerprint density at radius 1 is 1.35 bits per heavy atom. The van der Waals surface area contributed by atoms with Crippen molar-refractivity contribution in [3.63, 3.8) is 0 Å². The van der Waals surface area contributed by atoms with Crippen LogP contribution in [-0.2, 0) is 10.2 Å². The van der Waals surface area contributed by atoms with Gasteiger partial charge in [-0.3, -0.25) is 0 Å². The molecule has 0 aromatic carbocycles. The number of hydrogen-bond acceptors (Lipinski definition) is 3. The Morgan fingerprint density at radius 2 is 1.88 bits per heavy atom. The van der Waals surface area contributed by atoms with E-state index in [0.717, 1.165) is 19.4 Å². The fraction of sp³-hybridized carbons (Fsp3) is 1.00. The van der Waals surface area contributed by atoms with Gasteiger partial charge in [-0.05, 0) is 32.4 Å². The van der Waals surface area contributed by atoms with Crippen LogP contribution in [0.2, 0.25) is 0 Å². The van der Waals surface area contributed by atoms with Crippen LogP contribution < -0.4 is 5.32 Å². The molecular formula is C10H24ClN3O2S. The van der Waals surface area contributed by atoms with Gasteiger partial charge >= 0.3 is 0 Å². The van der Waals surface area contributed by atoms with E-state index in [1.807, 2.05) is 14.0 Å². The lowest BCUT2D eigenvalue weighted by Crippen LogP contribution is -2.46. The monoisotopic (exact) mass is 285 g/mol. The van der Waals surface area contributed by atoms with E-state index < -0.39 is 10.2 Å². The van der Waals surface area contributed by atoms with Gasteiger partial charge in [0.05, 0.1) is 0 Å². The Bertz CT molecular complexity index is 303. The fourth-order valence-corrected chi connectivity index (χ4v) is 3.39. The van der Waals surface area contributed by atoms with E-state index in [1.54, 1.807) is 11.4 Å². The number of nitrogens with one attached hydrogen (secondary N) is 1. The smallest absolute Gasteiger partial charge is 0.281 e. The molecule has 0 atom stereocenters. The number of rotatable bonds is 5. The molecule has 0 aromatic heterocycles. The summed E-state index contributed by atoms with van der Waals surface area (Å²) in [5.41, 5.74) is 0. The van der Waals surface area contributed by atoms with Crippen LogP contribution in [0.4, 0.5) is 0 Å². The van der Waals surface area contributed by atoms with Crippen LogP contribution >= 0.6 is 12.4 Å². The summed E-state index contributed by atoms with van der Waals surface area (Å²) in [6.07, 6.45) is 1.91. The summed E-state index contributed by atoms with van der Waals surface area (Å²) in [6, 6.07) is 0. The molecule has 0 bridgehead atoms. The van der Waals surface area contributed by atoms with Crippen LogP contribution in [0.3, 0.4) is 0 Å². The van der Waals surface area contributed by atoms with E-state index in [4.69, 9.17) is 0 Å². The normalized spacial score (nSPS) is 19.3. The van der Waals surface area contributed by atoms with Crippen LogP contribution in [0.15, 0.2) is 0 Å². The number of piperidine rings is 1. The highest BCUT2D eigenvalue weighted by molar-refractivity contribution is 7.86. The molecular weight excluding hydrogens is 262 g/mol. The van der Waals surface area contributed by atoms with Gasteiger partial charge in [-0.15, -0.1) is 12.4 Å². The fourth-order valence-electron chi connectivity index (χ4n) is 1.99. The molecule has 0 amide bonds. The van der Waals surface area contributed by atoms with Crippen molar-refractivity contribution in [2.75, 3.05) is 40.3 Å².